The quantitative estimate of drug-likeness (QED) is 0.225. The highest BCUT2D eigenvalue weighted by Gasteiger charge is 1.77. The van der Waals surface area contributed by atoms with Gasteiger partial charge in [-0.2, -0.15) is 0 Å². The average Bonchev–Trinajstić information content (AvgIpc) is 1.61. The number of hydrogen-bond acceptors (Lipinski definition) is 4. The molecule has 0 saturated carbocycles. The molecule has 0 spiro atoms. The molecule has 0 atom stereocenters. The Bertz CT molecular complexity index is 19.5. The van der Waals surface area contributed by atoms with Crippen molar-refractivity contribution in [2.45, 2.75) is 6.82 Å². The number of hydrogen-bond donors (Lipinski definition) is 1. The van der Waals surface area contributed by atoms with Crippen LogP contribution in [0.5, 0.6) is 0 Å². The Balaban J connectivity index is 2.34. The monoisotopic (exact) mass is 92.0 g/mol. The van der Waals surface area contributed by atoms with Crippen molar-refractivity contribution in [1.82, 2.24) is 0 Å². The lowest BCUT2D eigenvalue weighted by Crippen LogP contribution is -1.93. The van der Waals surface area contributed by atoms with Gasteiger partial charge >= 0.3 is 7.48 Å². The Labute approximate surface area is 35.7 Å². The molecular formula is CH5BO4. The molecule has 36 valence electrons. The van der Waals surface area contributed by atoms with E-state index in [2.05, 4.69) is 14.9 Å². The van der Waals surface area contributed by atoms with Crippen molar-refractivity contribution in [3.8, 4) is 0 Å². The smallest absolute Gasteiger partial charge is 0.278 e. The van der Waals surface area contributed by atoms with Gasteiger partial charge in [-0.05, 0) is 5.04 Å². The molecule has 0 radical (unpaired) electrons. The molecule has 0 amide bonds. The summed E-state index contributed by atoms with van der Waals surface area (Å²) in [5, 5.41) is 13.9. The summed E-state index contributed by atoms with van der Waals surface area (Å²) < 4.78 is 0. The second kappa shape index (κ2) is 4.90. The predicted molar refractivity (Wildman–Crippen MR) is 18.9 cm³/mol. The van der Waals surface area contributed by atoms with Gasteiger partial charge in [0.25, 0.3) is 0 Å². The molecule has 0 aliphatic heterocycles. The Morgan fingerprint density at radius 2 is 2.33 bits per heavy atom. The van der Waals surface area contributed by atoms with Gasteiger partial charge in [-0.15, -0.1) is 0 Å². The highest BCUT2D eigenvalue weighted by Crippen LogP contribution is 1.69. The molecule has 0 aromatic heterocycles. The third-order valence-electron chi connectivity index (χ3n) is 0.196. The third kappa shape index (κ3) is 3.90. The first-order valence-electron chi connectivity index (χ1n) is 1.51. The summed E-state index contributed by atoms with van der Waals surface area (Å²) >= 11 is 0. The van der Waals surface area contributed by atoms with E-state index in [1.807, 2.05) is 0 Å². The molecule has 4 nitrogen and oxygen atoms in total. The van der Waals surface area contributed by atoms with E-state index < -0.39 is 0 Å². The first-order chi connectivity index (χ1) is 2.91. The van der Waals surface area contributed by atoms with Crippen LogP contribution in [0, 0.1) is 0 Å². The van der Waals surface area contributed by atoms with E-state index in [4.69, 9.17) is 5.26 Å². The second-order valence-electron chi connectivity index (χ2n) is 0.549. The van der Waals surface area contributed by atoms with Gasteiger partial charge in [-0.1, -0.05) is 11.9 Å². The zero-order chi connectivity index (χ0) is 4.83. The van der Waals surface area contributed by atoms with Crippen molar-refractivity contribution in [3.63, 3.8) is 0 Å². The van der Waals surface area contributed by atoms with Gasteiger partial charge in [0.15, 0.2) is 0 Å². The SMILES string of the molecule is CBOOOO. The van der Waals surface area contributed by atoms with Crippen LogP contribution in [0.2, 0.25) is 6.82 Å². The van der Waals surface area contributed by atoms with Crippen LogP contribution in [0.25, 0.3) is 0 Å². The molecule has 1 N–H and O–H groups in total. The third-order valence-corrected chi connectivity index (χ3v) is 0.196. The largest absolute Gasteiger partial charge is 0.324 e. The van der Waals surface area contributed by atoms with Crippen LogP contribution in [0.15, 0.2) is 0 Å². The molecule has 0 fully saturated rings. The van der Waals surface area contributed by atoms with E-state index in [-0.39, 0.29) is 0 Å². The van der Waals surface area contributed by atoms with Crippen LogP contribution in [-0.2, 0) is 14.9 Å². The van der Waals surface area contributed by atoms with Gasteiger partial charge < -0.3 is 0 Å². The molecule has 0 heterocycles. The summed E-state index contributed by atoms with van der Waals surface area (Å²) in [4.78, 5) is 4.01. The van der Waals surface area contributed by atoms with E-state index in [0.717, 1.165) is 0 Å². The van der Waals surface area contributed by atoms with Gasteiger partial charge in [-0.3, -0.25) is 4.81 Å². The normalized spacial score (nSPS) is 8.33. The van der Waals surface area contributed by atoms with E-state index >= 15 is 0 Å². The molecule has 0 aromatic rings. The van der Waals surface area contributed by atoms with E-state index in [9.17, 15) is 0 Å². The zero-order valence-corrected chi connectivity index (χ0v) is 3.38. The Morgan fingerprint density at radius 3 is 2.50 bits per heavy atom. The minimum absolute atomic E-state index is 0.348. The fourth-order valence-electron chi connectivity index (χ4n) is 0.0696. The maximum absolute atomic E-state index is 7.35. The molecule has 5 heteroatoms. The molecule has 0 aliphatic carbocycles. The van der Waals surface area contributed by atoms with E-state index in [1.165, 1.54) is 0 Å². The molecule has 6 heavy (non-hydrogen) atoms. The van der Waals surface area contributed by atoms with E-state index in [0.29, 0.717) is 7.48 Å². The summed E-state index contributed by atoms with van der Waals surface area (Å²) in [5.74, 6) is 0. The summed E-state index contributed by atoms with van der Waals surface area (Å²) in [6.07, 6.45) is 0. The fourth-order valence-corrected chi connectivity index (χ4v) is 0.0696. The van der Waals surface area contributed by atoms with Gasteiger partial charge in [-0.25, -0.2) is 5.26 Å². The lowest BCUT2D eigenvalue weighted by Gasteiger charge is -1.87. The molecule has 0 saturated heterocycles. The van der Waals surface area contributed by atoms with Crippen LogP contribution in [0.3, 0.4) is 0 Å². The maximum atomic E-state index is 7.35. The maximum Gasteiger partial charge on any atom is 0.324 e. The van der Waals surface area contributed by atoms with Crippen molar-refractivity contribution in [2.75, 3.05) is 0 Å². The predicted octanol–water partition coefficient (Wildman–Crippen LogP) is -0.261. The van der Waals surface area contributed by atoms with Crippen LogP contribution in [0.1, 0.15) is 0 Å². The molecule has 0 bridgehead atoms. The topological polar surface area (TPSA) is 47.9 Å². The van der Waals surface area contributed by atoms with Crippen molar-refractivity contribution >= 4 is 7.48 Å². The average molecular weight is 91.9 g/mol. The van der Waals surface area contributed by atoms with Crippen LogP contribution in [-0.4, -0.2) is 12.7 Å². The first kappa shape index (κ1) is 5.90. The highest BCUT2D eigenvalue weighted by atomic mass is 17.6. The lowest BCUT2D eigenvalue weighted by atomic mass is 10.1. The molecule has 0 aromatic carbocycles. The number of rotatable bonds is 3. The zero-order valence-electron chi connectivity index (χ0n) is 3.38. The van der Waals surface area contributed by atoms with Gasteiger partial charge in [0, 0.05) is 0 Å². The second-order valence-corrected chi connectivity index (χ2v) is 0.549. The highest BCUT2D eigenvalue weighted by molar-refractivity contribution is 6.24. The van der Waals surface area contributed by atoms with Gasteiger partial charge in [0.2, 0.25) is 0 Å². The van der Waals surface area contributed by atoms with Crippen LogP contribution < -0.4 is 0 Å². The fraction of sp³-hybridized carbons (Fsp3) is 1.00. The Morgan fingerprint density at radius 1 is 1.67 bits per heavy atom. The minimum atomic E-state index is 0.348. The molecule has 0 rings (SSSR count). The van der Waals surface area contributed by atoms with Crippen molar-refractivity contribution in [1.29, 1.82) is 0 Å². The van der Waals surface area contributed by atoms with Crippen molar-refractivity contribution in [3.05, 3.63) is 0 Å². The van der Waals surface area contributed by atoms with E-state index in [1.54, 1.807) is 6.82 Å². The van der Waals surface area contributed by atoms with Crippen molar-refractivity contribution in [2.24, 2.45) is 0 Å². The molecular weight excluding hydrogens is 86.8 g/mol. The summed E-state index contributed by atoms with van der Waals surface area (Å²) in [5.41, 5.74) is 0. The lowest BCUT2D eigenvalue weighted by molar-refractivity contribution is -0.596. The standard InChI is InChI=1S/CH5BO4/c1-2-4-6-5-3/h2-3H,1H3. The van der Waals surface area contributed by atoms with Crippen LogP contribution in [0.4, 0.5) is 0 Å². The Hall–Kier alpha value is -0.0951. The van der Waals surface area contributed by atoms with Crippen LogP contribution >= 0.6 is 0 Å². The van der Waals surface area contributed by atoms with Crippen molar-refractivity contribution < 1.29 is 20.1 Å². The summed E-state index contributed by atoms with van der Waals surface area (Å²) in [6, 6.07) is 0. The minimum Gasteiger partial charge on any atom is -0.278 e. The summed E-state index contributed by atoms with van der Waals surface area (Å²) in [7, 11) is 0.348. The van der Waals surface area contributed by atoms with Gasteiger partial charge in [0.1, 0.15) is 0 Å². The Kier molecular flexibility index (Phi) is 4.83. The molecule has 0 aliphatic rings. The first-order valence-corrected chi connectivity index (χ1v) is 1.51. The summed E-state index contributed by atoms with van der Waals surface area (Å²) in [6.45, 7) is 1.69. The molecule has 0 unspecified atom stereocenters. The van der Waals surface area contributed by atoms with Gasteiger partial charge in [0.05, 0.1) is 0 Å².